The van der Waals surface area contributed by atoms with Crippen LogP contribution in [0.1, 0.15) is 39.7 Å². The van der Waals surface area contributed by atoms with E-state index < -0.39 is 16.1 Å². The first-order chi connectivity index (χ1) is 15.1. The van der Waals surface area contributed by atoms with Crippen molar-refractivity contribution in [3.63, 3.8) is 0 Å². The Kier molecular flexibility index (Phi) is 6.98. The molecule has 0 saturated heterocycles. The number of carbonyl (C=O) groups is 2. The number of benzene rings is 2. The van der Waals surface area contributed by atoms with Crippen molar-refractivity contribution >= 4 is 39.0 Å². The summed E-state index contributed by atoms with van der Waals surface area (Å²) >= 11 is 0. The molecule has 2 amide bonds. The van der Waals surface area contributed by atoms with E-state index in [-0.39, 0.29) is 34.4 Å². The molecule has 9 heteroatoms. The van der Waals surface area contributed by atoms with Crippen LogP contribution in [0.25, 0.3) is 0 Å². The number of nitrogens with zero attached hydrogens (tertiary/aromatic N) is 1. The first-order valence-electron chi connectivity index (χ1n) is 10.5. The number of hydrogen-bond acceptors (Lipinski definition) is 5. The van der Waals surface area contributed by atoms with Gasteiger partial charge in [0.1, 0.15) is 11.9 Å². The summed E-state index contributed by atoms with van der Waals surface area (Å²) in [4.78, 5) is 29.6. The summed E-state index contributed by atoms with van der Waals surface area (Å²) in [6, 6.07) is 12.6. The maximum atomic E-state index is 13.1. The van der Waals surface area contributed by atoms with E-state index in [0.717, 1.165) is 0 Å². The number of aliphatic imine (C=N–C) groups is 1. The van der Waals surface area contributed by atoms with Crippen LogP contribution in [-0.2, 0) is 19.6 Å². The highest BCUT2D eigenvalue weighted by molar-refractivity contribution is 7.90. The van der Waals surface area contributed by atoms with Crippen LogP contribution < -0.4 is 15.4 Å². The molecule has 0 unspecified atom stereocenters. The van der Waals surface area contributed by atoms with Crippen molar-refractivity contribution < 1.29 is 18.0 Å². The average Bonchev–Trinajstić information content (AvgIpc) is 3.02. The molecule has 2 atom stereocenters. The molecule has 2 aromatic carbocycles. The summed E-state index contributed by atoms with van der Waals surface area (Å²) in [6.07, 6.45) is 0.684. The molecular formula is C23H28N4O4S. The maximum absolute atomic E-state index is 13.1. The molecule has 3 rings (SSSR count). The number of carbonyl (C=O) groups excluding carboxylic acids is 2. The van der Waals surface area contributed by atoms with Gasteiger partial charge in [-0.3, -0.25) is 19.3 Å². The molecule has 0 saturated carbocycles. The Hall–Kier alpha value is -3.20. The molecule has 2 aromatic rings. The van der Waals surface area contributed by atoms with Crippen molar-refractivity contribution in [3.8, 4) is 0 Å². The topological polar surface area (TPSA) is 117 Å². The average molecular weight is 457 g/mol. The summed E-state index contributed by atoms with van der Waals surface area (Å²) < 4.78 is 27.2. The van der Waals surface area contributed by atoms with Crippen molar-refractivity contribution in [1.82, 2.24) is 4.72 Å². The number of amidine groups is 1. The van der Waals surface area contributed by atoms with Crippen LogP contribution in [0.2, 0.25) is 0 Å². The first-order valence-corrected chi connectivity index (χ1v) is 12.0. The fourth-order valence-corrected chi connectivity index (χ4v) is 4.42. The summed E-state index contributed by atoms with van der Waals surface area (Å²) in [5.41, 5.74) is 1.65. The zero-order chi connectivity index (χ0) is 23.5. The predicted octanol–water partition coefficient (Wildman–Crippen LogP) is 3.37. The van der Waals surface area contributed by atoms with Gasteiger partial charge in [0.2, 0.25) is 11.8 Å². The number of sulfonamides is 1. The summed E-state index contributed by atoms with van der Waals surface area (Å²) in [7, 11) is -3.69. The first kappa shape index (κ1) is 23.5. The smallest absolute Gasteiger partial charge is 0.263 e. The van der Waals surface area contributed by atoms with Crippen molar-refractivity contribution in [2.75, 3.05) is 10.6 Å². The van der Waals surface area contributed by atoms with E-state index in [4.69, 9.17) is 0 Å². The molecule has 0 bridgehead atoms. The summed E-state index contributed by atoms with van der Waals surface area (Å²) in [6.45, 7) is 7.46. The van der Waals surface area contributed by atoms with Crippen molar-refractivity contribution in [2.24, 2.45) is 16.8 Å². The van der Waals surface area contributed by atoms with Gasteiger partial charge in [-0.1, -0.05) is 46.2 Å². The maximum Gasteiger partial charge on any atom is 0.263 e. The van der Waals surface area contributed by atoms with Gasteiger partial charge >= 0.3 is 0 Å². The molecule has 1 heterocycles. The van der Waals surface area contributed by atoms with Gasteiger partial charge in [0.05, 0.1) is 4.90 Å². The number of fused-ring (bicyclic) bond motifs is 1. The monoisotopic (exact) mass is 456 g/mol. The summed E-state index contributed by atoms with van der Waals surface area (Å²) in [5.74, 6) is -0.511. The van der Waals surface area contributed by atoms with Crippen LogP contribution in [0, 0.1) is 11.8 Å². The van der Waals surface area contributed by atoms with Crippen LogP contribution in [-0.4, -0.2) is 32.1 Å². The zero-order valence-corrected chi connectivity index (χ0v) is 19.4. The van der Waals surface area contributed by atoms with Gasteiger partial charge < -0.3 is 10.6 Å². The molecule has 0 radical (unpaired) electrons. The highest BCUT2D eigenvalue weighted by atomic mass is 32.2. The summed E-state index contributed by atoms with van der Waals surface area (Å²) in [5, 5.41) is 5.64. The number of anilines is 2. The van der Waals surface area contributed by atoms with Gasteiger partial charge in [0.25, 0.3) is 10.0 Å². The Balaban J connectivity index is 1.81. The lowest BCUT2D eigenvalue weighted by Gasteiger charge is -2.19. The Morgan fingerprint density at radius 1 is 0.938 bits per heavy atom. The highest BCUT2D eigenvalue weighted by Crippen LogP contribution is 2.24. The molecule has 3 N–H and O–H groups in total. The lowest BCUT2D eigenvalue weighted by molar-refractivity contribution is -0.119. The second-order valence-corrected chi connectivity index (χ2v) is 9.77. The molecular weight excluding hydrogens is 428 g/mol. The fourth-order valence-electron chi connectivity index (χ4n) is 3.18. The second kappa shape index (κ2) is 9.52. The highest BCUT2D eigenvalue weighted by Gasteiger charge is 2.33. The minimum atomic E-state index is -3.69. The Bertz CT molecular complexity index is 1140. The van der Waals surface area contributed by atoms with Crippen molar-refractivity contribution in [3.05, 3.63) is 54.1 Å². The SMILES string of the molecule is CC[C@H](C)[C@H](N=C1NS(=O)(=O)c2ccccc21)C(=O)Nc1ccc(NC(=O)C(C)C)cc1. The van der Waals surface area contributed by atoms with Crippen LogP contribution in [0.4, 0.5) is 11.4 Å². The molecule has 1 aliphatic rings. The number of rotatable bonds is 7. The minimum Gasteiger partial charge on any atom is -0.326 e. The van der Waals surface area contributed by atoms with E-state index in [0.29, 0.717) is 23.4 Å². The predicted molar refractivity (Wildman–Crippen MR) is 125 cm³/mol. The molecule has 0 spiro atoms. The Morgan fingerprint density at radius 3 is 2.06 bits per heavy atom. The Labute approximate surface area is 188 Å². The van der Waals surface area contributed by atoms with Gasteiger partial charge in [0, 0.05) is 22.9 Å². The van der Waals surface area contributed by atoms with E-state index in [1.807, 2.05) is 27.7 Å². The molecule has 8 nitrogen and oxygen atoms in total. The Morgan fingerprint density at radius 2 is 1.50 bits per heavy atom. The third-order valence-electron chi connectivity index (χ3n) is 5.33. The third kappa shape index (κ3) is 5.16. The van der Waals surface area contributed by atoms with Gasteiger partial charge in [-0.25, -0.2) is 8.42 Å². The van der Waals surface area contributed by atoms with E-state index in [1.54, 1.807) is 42.5 Å². The van der Waals surface area contributed by atoms with E-state index in [2.05, 4.69) is 20.3 Å². The van der Waals surface area contributed by atoms with Crippen LogP contribution >= 0.6 is 0 Å². The van der Waals surface area contributed by atoms with E-state index in [1.165, 1.54) is 6.07 Å². The number of hydrogen-bond donors (Lipinski definition) is 3. The van der Waals surface area contributed by atoms with Crippen LogP contribution in [0.3, 0.4) is 0 Å². The molecule has 1 aliphatic heterocycles. The number of nitrogens with one attached hydrogen (secondary N) is 3. The number of amides is 2. The van der Waals surface area contributed by atoms with E-state index >= 15 is 0 Å². The van der Waals surface area contributed by atoms with Crippen molar-refractivity contribution in [1.29, 1.82) is 0 Å². The van der Waals surface area contributed by atoms with Gasteiger partial charge in [-0.15, -0.1) is 0 Å². The molecule has 32 heavy (non-hydrogen) atoms. The standard InChI is InChI=1S/C23H28N4O4S/c1-5-15(4)20(26-21-18-8-6-7-9-19(18)32(30,31)27-21)23(29)25-17-12-10-16(11-13-17)24-22(28)14(2)3/h6-15,20H,5H2,1-4H3,(H,24,28)(H,25,29)(H,26,27)/t15-,20-/m0/s1. The van der Waals surface area contributed by atoms with Gasteiger partial charge in [0.15, 0.2) is 0 Å². The minimum absolute atomic E-state index is 0.0891. The van der Waals surface area contributed by atoms with Crippen LogP contribution in [0.5, 0.6) is 0 Å². The van der Waals surface area contributed by atoms with E-state index in [9.17, 15) is 18.0 Å². The molecule has 0 aromatic heterocycles. The van der Waals surface area contributed by atoms with Crippen molar-refractivity contribution in [2.45, 2.75) is 45.1 Å². The van der Waals surface area contributed by atoms with Crippen LogP contribution in [0.15, 0.2) is 58.4 Å². The molecule has 0 fully saturated rings. The molecule has 170 valence electrons. The van der Waals surface area contributed by atoms with Gasteiger partial charge in [-0.2, -0.15) is 0 Å². The lowest BCUT2D eigenvalue weighted by Crippen LogP contribution is -2.34. The third-order valence-corrected chi connectivity index (χ3v) is 6.72. The normalized spacial score (nSPS) is 17.3. The quantitative estimate of drug-likeness (QED) is 0.592. The van der Waals surface area contributed by atoms with Gasteiger partial charge in [-0.05, 0) is 42.3 Å². The largest absolute Gasteiger partial charge is 0.326 e. The zero-order valence-electron chi connectivity index (χ0n) is 18.5. The fraction of sp³-hybridized carbons (Fsp3) is 0.348. The second-order valence-electron chi connectivity index (χ2n) is 8.12. The lowest BCUT2D eigenvalue weighted by atomic mass is 9.98. The molecule has 0 aliphatic carbocycles.